The monoisotopic (exact) mass is 215 g/mol. The van der Waals surface area contributed by atoms with Crippen LogP contribution in [-0.4, -0.2) is 14.5 Å². The van der Waals surface area contributed by atoms with Gasteiger partial charge in [-0.15, -0.1) is 0 Å². The molecule has 0 amide bonds. The molecule has 0 saturated heterocycles. The lowest BCUT2D eigenvalue weighted by atomic mass is 10.1. The average Bonchev–Trinajstić information content (AvgIpc) is 2.83. The molecule has 0 saturated carbocycles. The van der Waals surface area contributed by atoms with E-state index in [4.69, 9.17) is 0 Å². The zero-order valence-electron chi connectivity index (χ0n) is 9.63. The lowest BCUT2D eigenvalue weighted by molar-refractivity contribution is 0.712. The number of pyridine rings is 1. The van der Waals surface area contributed by atoms with Gasteiger partial charge in [-0.25, -0.2) is 9.97 Å². The molecule has 0 atom stereocenters. The molecule has 84 valence electrons. The Bertz CT molecular complexity index is 421. The van der Waals surface area contributed by atoms with Gasteiger partial charge >= 0.3 is 0 Å². The minimum Gasteiger partial charge on any atom is -0.290 e. The SMILES string of the molecule is CCCCCc1cccnc1-n1ccnc1. The Kier molecular flexibility index (Phi) is 3.70. The van der Waals surface area contributed by atoms with Gasteiger partial charge < -0.3 is 0 Å². The first-order valence-electron chi connectivity index (χ1n) is 5.84. The minimum atomic E-state index is 1.01. The number of nitrogens with zero attached hydrogens (tertiary/aromatic N) is 3. The van der Waals surface area contributed by atoms with Gasteiger partial charge in [-0.3, -0.25) is 4.57 Å². The Morgan fingerprint density at radius 1 is 1.25 bits per heavy atom. The van der Waals surface area contributed by atoms with Gasteiger partial charge in [0.2, 0.25) is 0 Å². The molecule has 16 heavy (non-hydrogen) atoms. The lowest BCUT2D eigenvalue weighted by Gasteiger charge is -2.08. The number of hydrogen-bond acceptors (Lipinski definition) is 2. The summed E-state index contributed by atoms with van der Waals surface area (Å²) >= 11 is 0. The third-order valence-corrected chi connectivity index (χ3v) is 2.67. The maximum atomic E-state index is 4.42. The number of hydrogen-bond donors (Lipinski definition) is 0. The van der Waals surface area contributed by atoms with E-state index in [0.29, 0.717) is 0 Å². The first kappa shape index (κ1) is 10.9. The number of aromatic nitrogens is 3. The van der Waals surface area contributed by atoms with Crippen LogP contribution in [0.3, 0.4) is 0 Å². The van der Waals surface area contributed by atoms with Crippen LogP contribution in [0.5, 0.6) is 0 Å². The van der Waals surface area contributed by atoms with Crippen LogP contribution >= 0.6 is 0 Å². The van der Waals surface area contributed by atoms with E-state index in [2.05, 4.69) is 23.0 Å². The van der Waals surface area contributed by atoms with Gasteiger partial charge in [0.15, 0.2) is 0 Å². The summed E-state index contributed by atoms with van der Waals surface area (Å²) in [5, 5.41) is 0. The van der Waals surface area contributed by atoms with Gasteiger partial charge in [-0.2, -0.15) is 0 Å². The van der Waals surface area contributed by atoms with Gasteiger partial charge in [-0.05, 0) is 24.5 Å². The van der Waals surface area contributed by atoms with Crippen LogP contribution in [0.15, 0.2) is 37.1 Å². The molecular weight excluding hydrogens is 198 g/mol. The van der Waals surface area contributed by atoms with Gasteiger partial charge in [0, 0.05) is 18.6 Å². The number of aryl methyl sites for hydroxylation is 1. The molecule has 0 aliphatic carbocycles. The van der Waals surface area contributed by atoms with Gasteiger partial charge in [0.1, 0.15) is 12.1 Å². The number of unbranched alkanes of at least 4 members (excludes halogenated alkanes) is 2. The van der Waals surface area contributed by atoms with Crippen LogP contribution < -0.4 is 0 Å². The second kappa shape index (κ2) is 5.45. The molecule has 2 aromatic heterocycles. The molecular formula is C13H17N3. The average molecular weight is 215 g/mol. The maximum Gasteiger partial charge on any atom is 0.141 e. The Morgan fingerprint density at radius 2 is 2.19 bits per heavy atom. The summed E-state index contributed by atoms with van der Waals surface area (Å²) < 4.78 is 1.97. The van der Waals surface area contributed by atoms with Crippen LogP contribution in [0.4, 0.5) is 0 Å². The minimum absolute atomic E-state index is 1.01. The van der Waals surface area contributed by atoms with Crippen LogP contribution in [-0.2, 0) is 6.42 Å². The quantitative estimate of drug-likeness (QED) is 0.718. The molecule has 2 rings (SSSR count). The predicted octanol–water partition coefficient (Wildman–Crippen LogP) is 3.00. The molecule has 3 heteroatoms. The summed E-state index contributed by atoms with van der Waals surface area (Å²) in [5.74, 6) is 1.01. The molecule has 0 spiro atoms. The molecule has 2 heterocycles. The van der Waals surface area contributed by atoms with Crippen molar-refractivity contribution >= 4 is 0 Å². The second-order valence-electron chi connectivity index (χ2n) is 3.91. The first-order valence-corrected chi connectivity index (χ1v) is 5.84. The van der Waals surface area contributed by atoms with Crippen molar-refractivity contribution in [2.45, 2.75) is 32.6 Å². The zero-order valence-corrected chi connectivity index (χ0v) is 9.63. The van der Waals surface area contributed by atoms with Crippen LogP contribution in [0.1, 0.15) is 31.7 Å². The topological polar surface area (TPSA) is 30.7 Å². The zero-order chi connectivity index (χ0) is 11.2. The van der Waals surface area contributed by atoms with E-state index < -0.39 is 0 Å². The number of rotatable bonds is 5. The highest BCUT2D eigenvalue weighted by atomic mass is 15.1. The van der Waals surface area contributed by atoms with Crippen molar-refractivity contribution < 1.29 is 0 Å². The third-order valence-electron chi connectivity index (χ3n) is 2.67. The molecule has 0 radical (unpaired) electrons. The molecule has 0 unspecified atom stereocenters. The number of imidazole rings is 1. The standard InChI is InChI=1S/C13H17N3/c1-2-3-4-6-12-7-5-8-15-13(12)16-10-9-14-11-16/h5,7-11H,2-4,6H2,1H3. The van der Waals surface area contributed by atoms with Crippen LogP contribution in [0.2, 0.25) is 0 Å². The summed E-state index contributed by atoms with van der Waals surface area (Å²) in [6.45, 7) is 2.22. The van der Waals surface area contributed by atoms with E-state index in [1.807, 2.05) is 23.0 Å². The summed E-state index contributed by atoms with van der Waals surface area (Å²) in [6.07, 6.45) is 12.2. The predicted molar refractivity (Wildman–Crippen MR) is 64.6 cm³/mol. The highest BCUT2D eigenvalue weighted by Crippen LogP contribution is 2.14. The normalized spacial score (nSPS) is 10.6. The van der Waals surface area contributed by atoms with E-state index in [0.717, 1.165) is 12.2 Å². The van der Waals surface area contributed by atoms with Gasteiger partial charge in [-0.1, -0.05) is 25.8 Å². The van der Waals surface area contributed by atoms with E-state index in [9.17, 15) is 0 Å². The largest absolute Gasteiger partial charge is 0.290 e. The summed E-state index contributed by atoms with van der Waals surface area (Å²) in [7, 11) is 0. The molecule has 3 nitrogen and oxygen atoms in total. The Morgan fingerprint density at radius 3 is 2.94 bits per heavy atom. The summed E-state index contributed by atoms with van der Waals surface area (Å²) in [4.78, 5) is 8.48. The lowest BCUT2D eigenvalue weighted by Crippen LogP contribution is -2.00. The summed E-state index contributed by atoms with van der Waals surface area (Å²) in [6, 6.07) is 4.15. The smallest absolute Gasteiger partial charge is 0.141 e. The van der Waals surface area contributed by atoms with E-state index in [-0.39, 0.29) is 0 Å². The molecule has 2 aromatic rings. The van der Waals surface area contributed by atoms with Crippen LogP contribution in [0.25, 0.3) is 5.82 Å². The van der Waals surface area contributed by atoms with E-state index in [1.54, 1.807) is 12.5 Å². The molecule has 0 aliphatic rings. The van der Waals surface area contributed by atoms with Crippen molar-refractivity contribution in [1.82, 2.24) is 14.5 Å². The van der Waals surface area contributed by atoms with Crippen molar-refractivity contribution in [3.8, 4) is 5.82 Å². The third kappa shape index (κ3) is 2.48. The fourth-order valence-corrected chi connectivity index (χ4v) is 1.81. The van der Waals surface area contributed by atoms with Gasteiger partial charge in [0.25, 0.3) is 0 Å². The van der Waals surface area contributed by atoms with Crippen molar-refractivity contribution in [3.05, 3.63) is 42.6 Å². The highest BCUT2D eigenvalue weighted by molar-refractivity contribution is 5.33. The van der Waals surface area contributed by atoms with Crippen molar-refractivity contribution in [3.63, 3.8) is 0 Å². The summed E-state index contributed by atoms with van der Waals surface area (Å²) in [5.41, 5.74) is 1.30. The van der Waals surface area contributed by atoms with Crippen LogP contribution in [0, 0.1) is 0 Å². The first-order chi connectivity index (χ1) is 7.92. The molecule has 0 fully saturated rings. The fourth-order valence-electron chi connectivity index (χ4n) is 1.81. The Labute approximate surface area is 96.2 Å². The van der Waals surface area contributed by atoms with E-state index in [1.165, 1.54) is 24.8 Å². The second-order valence-corrected chi connectivity index (χ2v) is 3.91. The molecule has 0 aromatic carbocycles. The highest BCUT2D eigenvalue weighted by Gasteiger charge is 2.04. The Hall–Kier alpha value is -1.64. The molecule has 0 aliphatic heterocycles. The van der Waals surface area contributed by atoms with Crippen molar-refractivity contribution in [1.29, 1.82) is 0 Å². The van der Waals surface area contributed by atoms with Gasteiger partial charge in [0.05, 0.1) is 0 Å². The maximum absolute atomic E-state index is 4.42. The van der Waals surface area contributed by atoms with Crippen molar-refractivity contribution in [2.75, 3.05) is 0 Å². The Balaban J connectivity index is 2.18. The van der Waals surface area contributed by atoms with Crippen molar-refractivity contribution in [2.24, 2.45) is 0 Å². The van der Waals surface area contributed by atoms with E-state index >= 15 is 0 Å². The molecule has 0 N–H and O–H groups in total. The fraction of sp³-hybridized carbons (Fsp3) is 0.385. The molecule has 0 bridgehead atoms.